The van der Waals surface area contributed by atoms with Crippen LogP contribution in [0.1, 0.15) is 26.3 Å². The van der Waals surface area contributed by atoms with E-state index in [-0.39, 0.29) is 6.10 Å². The van der Waals surface area contributed by atoms with Gasteiger partial charge in [0.05, 0.1) is 12.6 Å². The largest absolute Gasteiger partial charge is 0.488 e. The lowest BCUT2D eigenvalue weighted by Crippen LogP contribution is -2.10. The van der Waals surface area contributed by atoms with Crippen LogP contribution in [0.4, 0.5) is 0 Å². The van der Waals surface area contributed by atoms with Gasteiger partial charge in [-0.25, -0.2) is 0 Å². The summed E-state index contributed by atoms with van der Waals surface area (Å²) in [5.41, 5.74) is 1.26. The highest BCUT2D eigenvalue weighted by atomic mass is 16.5. The maximum Gasteiger partial charge on any atom is 0.161 e. The average molecular weight is 323 g/mol. The van der Waals surface area contributed by atoms with E-state index in [1.165, 1.54) is 16.3 Å². The highest BCUT2D eigenvalue weighted by molar-refractivity contribution is 5.82. The Bertz CT molecular complexity index is 771. The van der Waals surface area contributed by atoms with E-state index in [1.807, 2.05) is 19.9 Å². The minimum Gasteiger partial charge on any atom is -0.488 e. The standard InChI is InChI=1S/C21H25NO2/c1-4-17-9-10-20(24-16(2)3)21(13-17)23-12-11-22-14-18-7-5-6-8-19(18)15-22/h5-10,13-16H,4,11-12H2,1-3H3. The maximum absolute atomic E-state index is 6.03. The summed E-state index contributed by atoms with van der Waals surface area (Å²) in [6, 6.07) is 14.6. The van der Waals surface area contributed by atoms with E-state index in [2.05, 4.69) is 60.3 Å². The molecular formula is C21H25NO2. The summed E-state index contributed by atoms with van der Waals surface area (Å²) in [6.45, 7) is 7.63. The summed E-state index contributed by atoms with van der Waals surface area (Å²) in [4.78, 5) is 0. The molecule has 1 aromatic heterocycles. The molecule has 0 bridgehead atoms. The first-order valence-electron chi connectivity index (χ1n) is 8.62. The van der Waals surface area contributed by atoms with Gasteiger partial charge in [0, 0.05) is 12.4 Å². The third-order valence-electron chi connectivity index (χ3n) is 3.99. The number of aromatic nitrogens is 1. The molecule has 0 spiro atoms. The highest BCUT2D eigenvalue weighted by Gasteiger charge is 2.08. The topological polar surface area (TPSA) is 23.4 Å². The first-order valence-corrected chi connectivity index (χ1v) is 8.62. The fourth-order valence-electron chi connectivity index (χ4n) is 2.77. The molecule has 1 heterocycles. The zero-order valence-electron chi connectivity index (χ0n) is 14.7. The van der Waals surface area contributed by atoms with Gasteiger partial charge in [-0.05, 0) is 48.7 Å². The van der Waals surface area contributed by atoms with Crippen molar-refractivity contribution in [2.45, 2.75) is 39.8 Å². The summed E-state index contributed by atoms with van der Waals surface area (Å²) in [7, 11) is 0. The van der Waals surface area contributed by atoms with Crippen LogP contribution < -0.4 is 9.47 Å². The Morgan fingerprint density at radius 2 is 1.67 bits per heavy atom. The van der Waals surface area contributed by atoms with E-state index < -0.39 is 0 Å². The van der Waals surface area contributed by atoms with E-state index in [0.717, 1.165) is 24.5 Å². The molecule has 3 rings (SSSR count). The number of fused-ring (bicyclic) bond motifs is 1. The first kappa shape index (κ1) is 16.4. The van der Waals surface area contributed by atoms with Crippen LogP contribution in [0.25, 0.3) is 10.8 Å². The van der Waals surface area contributed by atoms with Crippen molar-refractivity contribution in [2.24, 2.45) is 0 Å². The number of aryl methyl sites for hydroxylation is 1. The van der Waals surface area contributed by atoms with Crippen molar-refractivity contribution >= 4 is 10.8 Å². The minimum absolute atomic E-state index is 0.134. The Morgan fingerprint density at radius 3 is 2.29 bits per heavy atom. The number of nitrogens with zero attached hydrogens (tertiary/aromatic N) is 1. The van der Waals surface area contributed by atoms with Crippen LogP contribution >= 0.6 is 0 Å². The second-order valence-electron chi connectivity index (χ2n) is 6.27. The van der Waals surface area contributed by atoms with Crippen molar-refractivity contribution in [1.29, 1.82) is 0 Å². The SMILES string of the molecule is CCc1ccc(OC(C)C)c(OCCn2cc3ccccc3c2)c1. The van der Waals surface area contributed by atoms with Crippen molar-refractivity contribution in [3.63, 3.8) is 0 Å². The average Bonchev–Trinajstić information content (AvgIpc) is 2.98. The van der Waals surface area contributed by atoms with E-state index in [0.29, 0.717) is 6.61 Å². The van der Waals surface area contributed by atoms with Gasteiger partial charge in [0.15, 0.2) is 11.5 Å². The van der Waals surface area contributed by atoms with Crippen molar-refractivity contribution in [1.82, 2.24) is 4.57 Å². The molecular weight excluding hydrogens is 298 g/mol. The normalized spacial score (nSPS) is 11.2. The van der Waals surface area contributed by atoms with Gasteiger partial charge in [-0.1, -0.05) is 37.3 Å². The number of rotatable bonds is 7. The fourth-order valence-corrected chi connectivity index (χ4v) is 2.77. The van der Waals surface area contributed by atoms with E-state index in [4.69, 9.17) is 9.47 Å². The summed E-state index contributed by atoms with van der Waals surface area (Å²) >= 11 is 0. The maximum atomic E-state index is 6.03. The molecule has 0 aliphatic heterocycles. The molecule has 0 saturated heterocycles. The van der Waals surface area contributed by atoms with Crippen LogP contribution in [0.2, 0.25) is 0 Å². The molecule has 0 saturated carbocycles. The van der Waals surface area contributed by atoms with Crippen LogP contribution in [-0.4, -0.2) is 17.3 Å². The van der Waals surface area contributed by atoms with Gasteiger partial charge in [-0.3, -0.25) is 0 Å². The zero-order valence-corrected chi connectivity index (χ0v) is 14.7. The van der Waals surface area contributed by atoms with Gasteiger partial charge in [-0.2, -0.15) is 0 Å². The fraction of sp³-hybridized carbons (Fsp3) is 0.333. The lowest BCUT2D eigenvalue weighted by molar-refractivity contribution is 0.218. The Morgan fingerprint density at radius 1 is 0.958 bits per heavy atom. The Kier molecular flexibility index (Phi) is 5.09. The molecule has 2 aromatic carbocycles. The van der Waals surface area contributed by atoms with Crippen LogP contribution in [0.5, 0.6) is 11.5 Å². The number of benzene rings is 2. The van der Waals surface area contributed by atoms with Gasteiger partial charge in [0.1, 0.15) is 6.61 Å². The van der Waals surface area contributed by atoms with Gasteiger partial charge in [0.2, 0.25) is 0 Å². The van der Waals surface area contributed by atoms with E-state index >= 15 is 0 Å². The van der Waals surface area contributed by atoms with Crippen LogP contribution in [0, 0.1) is 0 Å². The molecule has 0 atom stereocenters. The van der Waals surface area contributed by atoms with Crippen LogP contribution in [0.15, 0.2) is 54.9 Å². The predicted molar refractivity (Wildman–Crippen MR) is 99.0 cm³/mol. The molecule has 126 valence electrons. The Hall–Kier alpha value is -2.42. The molecule has 0 N–H and O–H groups in total. The monoisotopic (exact) mass is 323 g/mol. The third kappa shape index (κ3) is 3.91. The lowest BCUT2D eigenvalue weighted by atomic mass is 10.1. The number of hydrogen-bond acceptors (Lipinski definition) is 2. The highest BCUT2D eigenvalue weighted by Crippen LogP contribution is 2.29. The third-order valence-corrected chi connectivity index (χ3v) is 3.99. The molecule has 0 amide bonds. The number of ether oxygens (including phenoxy) is 2. The second-order valence-corrected chi connectivity index (χ2v) is 6.27. The molecule has 0 aliphatic rings. The van der Waals surface area contributed by atoms with Crippen LogP contribution in [-0.2, 0) is 13.0 Å². The predicted octanol–water partition coefficient (Wildman–Crippen LogP) is 5.07. The quantitative estimate of drug-likeness (QED) is 0.606. The second kappa shape index (κ2) is 7.43. The van der Waals surface area contributed by atoms with E-state index in [9.17, 15) is 0 Å². The van der Waals surface area contributed by atoms with Crippen molar-refractivity contribution < 1.29 is 9.47 Å². The first-order chi connectivity index (χ1) is 11.7. The molecule has 0 radical (unpaired) electrons. The Balaban J connectivity index is 1.68. The number of hydrogen-bond donors (Lipinski definition) is 0. The Labute approximate surface area is 143 Å². The minimum atomic E-state index is 0.134. The van der Waals surface area contributed by atoms with Gasteiger partial charge >= 0.3 is 0 Å². The molecule has 0 aliphatic carbocycles. The summed E-state index contributed by atoms with van der Waals surface area (Å²) in [5, 5.41) is 2.52. The molecule has 0 fully saturated rings. The van der Waals surface area contributed by atoms with Gasteiger partial charge in [0.25, 0.3) is 0 Å². The molecule has 24 heavy (non-hydrogen) atoms. The van der Waals surface area contributed by atoms with Crippen molar-refractivity contribution in [2.75, 3.05) is 6.61 Å². The van der Waals surface area contributed by atoms with Crippen molar-refractivity contribution in [3.05, 3.63) is 60.4 Å². The molecule has 3 heteroatoms. The van der Waals surface area contributed by atoms with Gasteiger partial charge in [-0.15, -0.1) is 0 Å². The zero-order chi connectivity index (χ0) is 16.9. The van der Waals surface area contributed by atoms with Gasteiger partial charge < -0.3 is 14.0 Å². The summed E-state index contributed by atoms with van der Waals surface area (Å²) in [5.74, 6) is 1.65. The van der Waals surface area contributed by atoms with Crippen LogP contribution in [0.3, 0.4) is 0 Å². The summed E-state index contributed by atoms with van der Waals surface area (Å²) < 4.78 is 14.1. The van der Waals surface area contributed by atoms with E-state index in [1.54, 1.807) is 0 Å². The molecule has 0 unspecified atom stereocenters. The lowest BCUT2D eigenvalue weighted by Gasteiger charge is -2.16. The smallest absolute Gasteiger partial charge is 0.161 e. The molecule has 3 nitrogen and oxygen atoms in total. The molecule has 3 aromatic rings. The van der Waals surface area contributed by atoms with Crippen molar-refractivity contribution in [3.8, 4) is 11.5 Å². The summed E-state index contributed by atoms with van der Waals surface area (Å²) in [6.07, 6.45) is 5.44.